The molecule has 4 heteroatoms. The predicted octanol–water partition coefficient (Wildman–Crippen LogP) is 3.10. The molecule has 21 heavy (non-hydrogen) atoms. The van der Waals surface area contributed by atoms with Gasteiger partial charge in [0, 0.05) is 0 Å². The molecule has 0 radical (unpaired) electrons. The van der Waals surface area contributed by atoms with Gasteiger partial charge in [-0.15, -0.1) is 0 Å². The number of hydrogen-bond donors (Lipinski definition) is 1. The van der Waals surface area contributed by atoms with Crippen molar-refractivity contribution in [1.29, 1.82) is 0 Å². The molecular weight excluding hydrogens is 268 g/mol. The molecule has 4 fully saturated rings. The van der Waals surface area contributed by atoms with E-state index in [1.807, 2.05) is 0 Å². The maximum Gasteiger partial charge on any atom is 0.310 e. The third-order valence-electron chi connectivity index (χ3n) is 6.59. The van der Waals surface area contributed by atoms with Gasteiger partial charge in [0.05, 0.1) is 11.8 Å². The molecule has 4 nitrogen and oxygen atoms in total. The van der Waals surface area contributed by atoms with Crippen molar-refractivity contribution in [2.75, 3.05) is 0 Å². The standard InChI is InChI=1S/C17H26O4/c1-9(15(18)19)10(2)16(20)21-17(3)13-5-11-4-12(7-13)8-14(17)6-11/h9-14H,4-8H2,1-3H3,(H,18,19). The minimum Gasteiger partial charge on any atom is -0.481 e. The summed E-state index contributed by atoms with van der Waals surface area (Å²) >= 11 is 0. The van der Waals surface area contributed by atoms with Crippen molar-refractivity contribution in [2.45, 2.75) is 58.5 Å². The Morgan fingerprint density at radius 1 is 1.00 bits per heavy atom. The Morgan fingerprint density at radius 2 is 1.48 bits per heavy atom. The molecule has 0 aliphatic heterocycles. The van der Waals surface area contributed by atoms with Crippen LogP contribution in [0.1, 0.15) is 52.9 Å². The third kappa shape index (κ3) is 2.36. The summed E-state index contributed by atoms with van der Waals surface area (Å²) in [5.41, 5.74) is -0.364. The highest BCUT2D eigenvalue weighted by Crippen LogP contribution is 2.59. The quantitative estimate of drug-likeness (QED) is 0.809. The summed E-state index contributed by atoms with van der Waals surface area (Å²) in [7, 11) is 0. The summed E-state index contributed by atoms with van der Waals surface area (Å²) in [6.07, 6.45) is 6.09. The van der Waals surface area contributed by atoms with Gasteiger partial charge in [-0.1, -0.05) is 13.8 Å². The van der Waals surface area contributed by atoms with E-state index < -0.39 is 17.8 Å². The SMILES string of the molecule is CC(C(=O)O)C(C)C(=O)OC1(C)C2CC3CC(C2)CC1C3. The molecule has 2 unspecified atom stereocenters. The number of aliphatic carboxylic acids is 1. The number of carboxylic acid groups (broad SMARTS) is 1. The van der Waals surface area contributed by atoms with Gasteiger partial charge >= 0.3 is 11.9 Å². The number of esters is 1. The summed E-state index contributed by atoms with van der Waals surface area (Å²) in [4.78, 5) is 23.5. The highest BCUT2D eigenvalue weighted by molar-refractivity contribution is 5.80. The predicted molar refractivity (Wildman–Crippen MR) is 77.5 cm³/mol. The van der Waals surface area contributed by atoms with E-state index in [2.05, 4.69) is 6.92 Å². The van der Waals surface area contributed by atoms with E-state index in [1.54, 1.807) is 13.8 Å². The molecule has 0 spiro atoms. The monoisotopic (exact) mass is 294 g/mol. The zero-order chi connectivity index (χ0) is 15.4. The molecule has 4 rings (SSSR count). The second-order valence-corrected chi connectivity index (χ2v) is 7.82. The molecule has 4 aliphatic carbocycles. The summed E-state index contributed by atoms with van der Waals surface area (Å²) < 4.78 is 5.95. The fraction of sp³-hybridized carbons (Fsp3) is 0.882. The fourth-order valence-corrected chi connectivity index (χ4v) is 5.01. The lowest BCUT2D eigenvalue weighted by Crippen LogP contribution is -2.58. The van der Waals surface area contributed by atoms with Crippen LogP contribution >= 0.6 is 0 Å². The largest absolute Gasteiger partial charge is 0.481 e. The van der Waals surface area contributed by atoms with Crippen LogP contribution in [0, 0.1) is 35.5 Å². The Balaban J connectivity index is 1.72. The van der Waals surface area contributed by atoms with Crippen molar-refractivity contribution in [3.63, 3.8) is 0 Å². The molecule has 4 aliphatic rings. The van der Waals surface area contributed by atoms with E-state index in [9.17, 15) is 9.59 Å². The maximum atomic E-state index is 12.4. The molecule has 1 N–H and O–H groups in total. The maximum absolute atomic E-state index is 12.4. The van der Waals surface area contributed by atoms with E-state index in [1.165, 1.54) is 32.1 Å². The molecule has 0 aromatic rings. The minimum absolute atomic E-state index is 0.333. The van der Waals surface area contributed by atoms with Crippen molar-refractivity contribution in [3.8, 4) is 0 Å². The third-order valence-corrected chi connectivity index (χ3v) is 6.59. The number of hydrogen-bond acceptors (Lipinski definition) is 3. The number of carbonyl (C=O) groups is 2. The topological polar surface area (TPSA) is 63.6 Å². The molecule has 4 saturated carbocycles. The first kappa shape index (κ1) is 14.9. The van der Waals surface area contributed by atoms with Crippen LogP contribution in [0.3, 0.4) is 0 Å². The van der Waals surface area contributed by atoms with Gasteiger partial charge in [0.15, 0.2) is 0 Å². The zero-order valence-corrected chi connectivity index (χ0v) is 13.2. The molecule has 0 heterocycles. The van der Waals surface area contributed by atoms with E-state index in [4.69, 9.17) is 9.84 Å². The van der Waals surface area contributed by atoms with Crippen LogP contribution in [-0.4, -0.2) is 22.6 Å². The average molecular weight is 294 g/mol. The first-order valence-electron chi connectivity index (χ1n) is 8.27. The Labute approximate surface area is 126 Å². The van der Waals surface area contributed by atoms with Crippen LogP contribution < -0.4 is 0 Å². The van der Waals surface area contributed by atoms with Gasteiger partial charge in [0.25, 0.3) is 0 Å². The average Bonchev–Trinajstić information content (AvgIpc) is 2.42. The van der Waals surface area contributed by atoms with E-state index in [0.717, 1.165) is 11.8 Å². The van der Waals surface area contributed by atoms with E-state index >= 15 is 0 Å². The molecule has 0 saturated heterocycles. The Morgan fingerprint density at radius 3 is 1.90 bits per heavy atom. The Kier molecular flexibility index (Phi) is 3.53. The second-order valence-electron chi connectivity index (χ2n) is 7.82. The normalized spacial score (nSPS) is 43.4. The van der Waals surface area contributed by atoms with Crippen LogP contribution in [0.4, 0.5) is 0 Å². The summed E-state index contributed by atoms with van der Waals surface area (Å²) in [5, 5.41) is 9.07. The van der Waals surface area contributed by atoms with Gasteiger partial charge in [-0.25, -0.2) is 0 Å². The van der Waals surface area contributed by atoms with Crippen molar-refractivity contribution in [3.05, 3.63) is 0 Å². The number of ether oxygens (including phenoxy) is 1. The van der Waals surface area contributed by atoms with E-state index in [0.29, 0.717) is 11.8 Å². The number of rotatable bonds is 4. The first-order valence-corrected chi connectivity index (χ1v) is 8.27. The van der Waals surface area contributed by atoms with Crippen molar-refractivity contribution >= 4 is 11.9 Å². The molecule has 0 amide bonds. The summed E-state index contributed by atoms with van der Waals surface area (Å²) in [5.74, 6) is 0.0587. The Hall–Kier alpha value is -1.06. The van der Waals surface area contributed by atoms with Crippen LogP contribution in [-0.2, 0) is 14.3 Å². The molecular formula is C17H26O4. The Bertz CT molecular complexity index is 428. The molecule has 2 atom stereocenters. The van der Waals surface area contributed by atoms with Crippen LogP contribution in [0.15, 0.2) is 0 Å². The molecule has 0 aromatic carbocycles. The van der Waals surface area contributed by atoms with Gasteiger partial charge in [-0.3, -0.25) is 9.59 Å². The molecule has 118 valence electrons. The second kappa shape index (κ2) is 4.99. The number of carbonyl (C=O) groups excluding carboxylic acids is 1. The number of carboxylic acids is 1. The van der Waals surface area contributed by atoms with E-state index in [-0.39, 0.29) is 11.6 Å². The van der Waals surface area contributed by atoms with Crippen molar-refractivity contribution in [1.82, 2.24) is 0 Å². The van der Waals surface area contributed by atoms with Crippen LogP contribution in [0.5, 0.6) is 0 Å². The minimum atomic E-state index is -0.935. The van der Waals surface area contributed by atoms with Gasteiger partial charge < -0.3 is 9.84 Å². The van der Waals surface area contributed by atoms with Gasteiger partial charge in [-0.2, -0.15) is 0 Å². The molecule has 4 bridgehead atoms. The van der Waals surface area contributed by atoms with Crippen molar-refractivity contribution in [2.24, 2.45) is 35.5 Å². The van der Waals surface area contributed by atoms with Gasteiger partial charge in [-0.05, 0) is 62.7 Å². The lowest BCUT2D eigenvalue weighted by atomic mass is 9.50. The smallest absolute Gasteiger partial charge is 0.310 e. The molecule has 0 aromatic heterocycles. The lowest BCUT2D eigenvalue weighted by molar-refractivity contribution is -0.208. The zero-order valence-electron chi connectivity index (χ0n) is 13.2. The summed E-state index contributed by atoms with van der Waals surface area (Å²) in [6.45, 7) is 5.34. The van der Waals surface area contributed by atoms with Crippen LogP contribution in [0.25, 0.3) is 0 Å². The first-order chi connectivity index (χ1) is 9.81. The van der Waals surface area contributed by atoms with Crippen molar-refractivity contribution < 1.29 is 19.4 Å². The lowest BCUT2D eigenvalue weighted by Gasteiger charge is -2.59. The van der Waals surface area contributed by atoms with Gasteiger partial charge in [0.2, 0.25) is 0 Å². The van der Waals surface area contributed by atoms with Gasteiger partial charge in [0.1, 0.15) is 5.60 Å². The highest BCUT2D eigenvalue weighted by atomic mass is 16.6. The van der Waals surface area contributed by atoms with Crippen LogP contribution in [0.2, 0.25) is 0 Å². The summed E-state index contributed by atoms with van der Waals surface area (Å²) in [6, 6.07) is 0. The fourth-order valence-electron chi connectivity index (χ4n) is 5.01. The highest BCUT2D eigenvalue weighted by Gasteiger charge is 2.57.